The number of hydrogen-bond donors (Lipinski definition) is 3. The van der Waals surface area contributed by atoms with Gasteiger partial charge in [-0.3, -0.25) is 0 Å². The lowest BCUT2D eigenvalue weighted by Gasteiger charge is -2.42. The standard InChI is InChI=1S/C23H32Cl2N6O2S/c1-14(26)23(2)5-8-30(9-6-23)22-16(13-33)28-19(11-27-22)34-17-10-18(29-21(25)20(17)24)31-7-3-4-15(31)12-32/h10-11,14-15,32-33H,3-9,12-13,26H2,1-2H3. The quantitative estimate of drug-likeness (QED) is 0.464. The van der Waals surface area contributed by atoms with Crippen LogP contribution in [0.25, 0.3) is 0 Å². The predicted molar refractivity (Wildman–Crippen MR) is 137 cm³/mol. The first-order chi connectivity index (χ1) is 16.3. The molecule has 2 aromatic heterocycles. The maximum atomic E-state index is 10.0. The second kappa shape index (κ2) is 10.7. The Balaban J connectivity index is 1.55. The summed E-state index contributed by atoms with van der Waals surface area (Å²) in [6.07, 6.45) is 5.53. The molecule has 0 bridgehead atoms. The third-order valence-corrected chi connectivity index (χ3v) is 9.03. The van der Waals surface area contributed by atoms with E-state index in [1.165, 1.54) is 11.8 Å². The average molecular weight is 528 g/mol. The number of halogens is 2. The second-order valence-corrected chi connectivity index (χ2v) is 11.2. The summed E-state index contributed by atoms with van der Waals surface area (Å²) < 4.78 is 0. The number of aliphatic hydroxyl groups is 2. The van der Waals surface area contributed by atoms with Gasteiger partial charge in [-0.2, -0.15) is 0 Å². The van der Waals surface area contributed by atoms with Crippen LogP contribution in [0.5, 0.6) is 0 Å². The summed E-state index contributed by atoms with van der Waals surface area (Å²) >= 11 is 14.2. The summed E-state index contributed by atoms with van der Waals surface area (Å²) in [7, 11) is 0. The molecule has 8 nitrogen and oxygen atoms in total. The van der Waals surface area contributed by atoms with Gasteiger partial charge in [0, 0.05) is 30.6 Å². The molecule has 4 heterocycles. The highest BCUT2D eigenvalue weighted by atomic mass is 35.5. The molecular formula is C23H32Cl2N6O2S. The van der Waals surface area contributed by atoms with Gasteiger partial charge in [-0.15, -0.1) is 0 Å². The van der Waals surface area contributed by atoms with Crippen molar-refractivity contribution in [3.63, 3.8) is 0 Å². The number of rotatable bonds is 7. The number of aliphatic hydroxyl groups excluding tert-OH is 2. The van der Waals surface area contributed by atoms with Gasteiger partial charge in [-0.1, -0.05) is 41.9 Å². The van der Waals surface area contributed by atoms with Gasteiger partial charge in [0.2, 0.25) is 0 Å². The van der Waals surface area contributed by atoms with E-state index in [0.29, 0.717) is 32.3 Å². The summed E-state index contributed by atoms with van der Waals surface area (Å²) in [4.78, 5) is 18.7. The molecule has 4 rings (SSSR count). The lowest BCUT2D eigenvalue weighted by Crippen LogP contribution is -2.47. The Hall–Kier alpha value is -1.36. The number of aromatic nitrogens is 3. The van der Waals surface area contributed by atoms with E-state index in [1.807, 2.05) is 6.07 Å². The van der Waals surface area contributed by atoms with E-state index in [-0.39, 0.29) is 35.9 Å². The van der Waals surface area contributed by atoms with Crippen molar-refractivity contribution in [2.24, 2.45) is 11.1 Å². The Morgan fingerprint density at radius 1 is 1.24 bits per heavy atom. The molecule has 0 radical (unpaired) electrons. The third kappa shape index (κ3) is 5.24. The summed E-state index contributed by atoms with van der Waals surface area (Å²) in [5.74, 6) is 1.40. The minimum Gasteiger partial charge on any atom is -0.394 e. The molecule has 2 fully saturated rings. The van der Waals surface area contributed by atoms with Crippen LogP contribution < -0.4 is 15.5 Å². The highest BCUT2D eigenvalue weighted by Gasteiger charge is 2.34. The molecule has 34 heavy (non-hydrogen) atoms. The van der Waals surface area contributed by atoms with Gasteiger partial charge in [-0.05, 0) is 44.1 Å². The number of nitrogens with two attached hydrogens (primary N) is 1. The zero-order chi connectivity index (χ0) is 24.5. The van der Waals surface area contributed by atoms with Crippen LogP contribution in [0.3, 0.4) is 0 Å². The number of piperidine rings is 1. The van der Waals surface area contributed by atoms with Gasteiger partial charge < -0.3 is 25.7 Å². The van der Waals surface area contributed by atoms with Crippen molar-refractivity contribution in [2.75, 3.05) is 36.0 Å². The van der Waals surface area contributed by atoms with Gasteiger partial charge in [-0.25, -0.2) is 15.0 Å². The van der Waals surface area contributed by atoms with E-state index in [2.05, 4.69) is 38.6 Å². The normalized spacial score (nSPS) is 21.2. The average Bonchev–Trinajstić information content (AvgIpc) is 3.31. The van der Waals surface area contributed by atoms with Gasteiger partial charge in [0.25, 0.3) is 0 Å². The van der Waals surface area contributed by atoms with E-state index in [4.69, 9.17) is 28.9 Å². The number of pyridine rings is 1. The van der Waals surface area contributed by atoms with Crippen LogP contribution in [0.15, 0.2) is 22.2 Å². The monoisotopic (exact) mass is 526 g/mol. The first-order valence-corrected chi connectivity index (χ1v) is 13.2. The number of nitrogens with zero attached hydrogens (tertiary/aromatic N) is 5. The van der Waals surface area contributed by atoms with Crippen LogP contribution in [-0.2, 0) is 6.61 Å². The molecular weight excluding hydrogens is 495 g/mol. The lowest BCUT2D eigenvalue weighted by molar-refractivity contribution is 0.204. The van der Waals surface area contributed by atoms with Crippen LogP contribution in [0.2, 0.25) is 10.2 Å². The number of hydrogen-bond acceptors (Lipinski definition) is 9. The summed E-state index contributed by atoms with van der Waals surface area (Å²) in [6, 6.07) is 2.03. The van der Waals surface area contributed by atoms with E-state index in [1.54, 1.807) is 6.20 Å². The molecule has 2 unspecified atom stereocenters. The molecule has 2 aliphatic heterocycles. The van der Waals surface area contributed by atoms with Crippen LogP contribution in [0.4, 0.5) is 11.6 Å². The van der Waals surface area contributed by atoms with Gasteiger partial charge in [0.15, 0.2) is 11.0 Å². The molecule has 2 saturated heterocycles. The Labute approximate surface area is 214 Å². The molecule has 0 amide bonds. The molecule has 186 valence electrons. The highest BCUT2D eigenvalue weighted by molar-refractivity contribution is 7.99. The van der Waals surface area contributed by atoms with Crippen molar-refractivity contribution in [1.82, 2.24) is 15.0 Å². The molecule has 2 atom stereocenters. The summed E-state index contributed by atoms with van der Waals surface area (Å²) in [5.41, 5.74) is 6.84. The smallest absolute Gasteiger partial charge is 0.152 e. The Morgan fingerprint density at radius 2 is 1.97 bits per heavy atom. The summed E-state index contributed by atoms with van der Waals surface area (Å²) in [5, 5.41) is 20.9. The molecule has 11 heteroatoms. The molecule has 0 aromatic carbocycles. The zero-order valence-corrected chi connectivity index (χ0v) is 21.9. The maximum absolute atomic E-state index is 10.0. The van der Waals surface area contributed by atoms with Gasteiger partial charge in [0.1, 0.15) is 16.5 Å². The van der Waals surface area contributed by atoms with Crippen molar-refractivity contribution in [2.45, 2.75) is 68.1 Å². The van der Waals surface area contributed by atoms with Crippen LogP contribution >= 0.6 is 35.0 Å². The number of anilines is 2. The third-order valence-electron chi connectivity index (χ3n) is 7.22. The van der Waals surface area contributed by atoms with E-state index in [9.17, 15) is 10.2 Å². The molecule has 0 saturated carbocycles. The van der Waals surface area contributed by atoms with Crippen molar-refractivity contribution >= 4 is 46.6 Å². The Kier molecular flexibility index (Phi) is 8.11. The van der Waals surface area contributed by atoms with Gasteiger partial charge >= 0.3 is 0 Å². The SMILES string of the molecule is CC(N)C1(C)CCN(c2ncc(Sc3cc(N4CCCC4CO)nc(Cl)c3Cl)nc2CO)CC1. The topological polar surface area (TPSA) is 112 Å². The van der Waals surface area contributed by atoms with Crippen molar-refractivity contribution in [1.29, 1.82) is 0 Å². The van der Waals surface area contributed by atoms with E-state index >= 15 is 0 Å². The first kappa shape index (κ1) is 25.7. The fraction of sp³-hybridized carbons (Fsp3) is 0.609. The maximum Gasteiger partial charge on any atom is 0.152 e. The minimum absolute atomic E-state index is 0.0244. The predicted octanol–water partition coefficient (Wildman–Crippen LogP) is 3.74. The molecule has 2 aliphatic rings. The van der Waals surface area contributed by atoms with Crippen molar-refractivity contribution < 1.29 is 10.2 Å². The van der Waals surface area contributed by atoms with Crippen LogP contribution in [-0.4, -0.2) is 63.5 Å². The molecule has 4 N–H and O–H groups in total. The lowest BCUT2D eigenvalue weighted by atomic mass is 9.75. The van der Waals surface area contributed by atoms with E-state index < -0.39 is 0 Å². The first-order valence-electron chi connectivity index (χ1n) is 11.6. The van der Waals surface area contributed by atoms with Gasteiger partial charge in [0.05, 0.1) is 30.5 Å². The Morgan fingerprint density at radius 3 is 2.62 bits per heavy atom. The largest absolute Gasteiger partial charge is 0.394 e. The van der Waals surface area contributed by atoms with Crippen molar-refractivity contribution in [3.05, 3.63) is 28.1 Å². The molecule has 0 aliphatic carbocycles. The van der Waals surface area contributed by atoms with Crippen LogP contribution in [0.1, 0.15) is 45.2 Å². The fourth-order valence-corrected chi connectivity index (χ4v) is 5.93. The van der Waals surface area contributed by atoms with Crippen LogP contribution in [0, 0.1) is 5.41 Å². The minimum atomic E-state index is -0.208. The summed E-state index contributed by atoms with van der Waals surface area (Å²) in [6.45, 7) is 6.61. The second-order valence-electron chi connectivity index (χ2n) is 9.42. The zero-order valence-electron chi connectivity index (χ0n) is 19.5. The Bertz CT molecular complexity index is 1020. The fourth-order valence-electron chi connectivity index (χ4n) is 4.63. The van der Waals surface area contributed by atoms with E-state index in [0.717, 1.165) is 45.3 Å². The highest BCUT2D eigenvalue weighted by Crippen LogP contribution is 2.40. The molecule has 2 aromatic rings. The van der Waals surface area contributed by atoms with Crippen molar-refractivity contribution in [3.8, 4) is 0 Å². The molecule has 0 spiro atoms.